The van der Waals surface area contributed by atoms with Crippen molar-refractivity contribution in [3.05, 3.63) is 66.4 Å². The number of benzene rings is 1. The van der Waals surface area contributed by atoms with Crippen LogP contribution >= 0.6 is 0 Å². The molecule has 1 N–H and O–H groups in total. The summed E-state index contributed by atoms with van der Waals surface area (Å²) in [4.78, 5) is 22.6. The number of rotatable bonds is 3. The van der Waals surface area contributed by atoms with E-state index in [4.69, 9.17) is 0 Å². The summed E-state index contributed by atoms with van der Waals surface area (Å²) < 4.78 is 2.00. The normalized spacial score (nSPS) is 16.2. The van der Waals surface area contributed by atoms with E-state index in [-0.39, 0.29) is 11.9 Å². The molecule has 26 heavy (non-hydrogen) atoms. The van der Waals surface area contributed by atoms with E-state index in [0.29, 0.717) is 6.54 Å². The highest BCUT2D eigenvalue weighted by Crippen LogP contribution is 2.37. The first-order chi connectivity index (χ1) is 12.6. The van der Waals surface area contributed by atoms with Gasteiger partial charge in [0, 0.05) is 42.8 Å². The molecule has 6 nitrogen and oxygen atoms in total. The molecule has 1 amide bonds. The molecular formula is C20H21N5O. The summed E-state index contributed by atoms with van der Waals surface area (Å²) in [5.41, 5.74) is 4.05. The third kappa shape index (κ3) is 3.06. The molecule has 0 saturated carbocycles. The lowest BCUT2D eigenvalue weighted by Crippen LogP contribution is -2.36. The van der Waals surface area contributed by atoms with Crippen LogP contribution in [0.5, 0.6) is 0 Å². The maximum atomic E-state index is 12.1. The molecule has 0 bridgehead atoms. The van der Waals surface area contributed by atoms with Crippen LogP contribution in [0, 0.1) is 6.92 Å². The lowest BCUT2D eigenvalue weighted by atomic mass is 9.95. The molecule has 0 fully saturated rings. The second-order valence-corrected chi connectivity index (χ2v) is 6.54. The number of carbonyl (C=O) groups excluding carboxylic acids is 1. The van der Waals surface area contributed by atoms with E-state index in [2.05, 4.69) is 21.4 Å². The molecule has 3 heterocycles. The molecule has 1 atom stereocenters. The van der Waals surface area contributed by atoms with Crippen molar-refractivity contribution in [3.63, 3.8) is 0 Å². The first-order valence-corrected chi connectivity index (χ1v) is 8.72. The van der Waals surface area contributed by atoms with Gasteiger partial charge in [-0.1, -0.05) is 6.07 Å². The first kappa shape index (κ1) is 16.3. The quantitative estimate of drug-likeness (QED) is 0.788. The van der Waals surface area contributed by atoms with Gasteiger partial charge in [-0.05, 0) is 43.7 Å². The number of aromatic nitrogens is 3. The highest BCUT2D eigenvalue weighted by molar-refractivity contribution is 5.93. The van der Waals surface area contributed by atoms with Gasteiger partial charge in [0.25, 0.3) is 0 Å². The topological polar surface area (TPSA) is 63.1 Å². The van der Waals surface area contributed by atoms with Crippen LogP contribution in [-0.2, 0) is 4.79 Å². The first-order valence-electron chi connectivity index (χ1n) is 8.72. The predicted octanol–water partition coefficient (Wildman–Crippen LogP) is 3.49. The molecule has 6 heteroatoms. The second-order valence-electron chi connectivity index (χ2n) is 6.54. The Kier molecular flexibility index (Phi) is 4.16. The Balaban J connectivity index is 1.75. The minimum atomic E-state index is 0.0637. The van der Waals surface area contributed by atoms with Gasteiger partial charge < -0.3 is 14.8 Å². The predicted molar refractivity (Wildman–Crippen MR) is 102 cm³/mol. The van der Waals surface area contributed by atoms with Gasteiger partial charge in [0.15, 0.2) is 0 Å². The standard InChI is InChI=1S/C20H21N5O/c1-14-12-24(13-22-14)16-6-7-19-17(11-16)18(8-10-25(19)15(2)26)23-20-5-3-4-9-21-20/h3-7,9,11-13,18H,8,10H2,1-2H3,(H,21,23)/t18-/m1/s1. The van der Waals surface area contributed by atoms with E-state index >= 15 is 0 Å². The molecule has 1 aromatic carbocycles. The number of hydrogen-bond acceptors (Lipinski definition) is 4. The van der Waals surface area contributed by atoms with E-state index < -0.39 is 0 Å². The van der Waals surface area contributed by atoms with Gasteiger partial charge in [0.05, 0.1) is 18.1 Å². The lowest BCUT2D eigenvalue weighted by Gasteiger charge is -2.34. The van der Waals surface area contributed by atoms with Crippen LogP contribution in [0.1, 0.15) is 30.6 Å². The lowest BCUT2D eigenvalue weighted by molar-refractivity contribution is -0.116. The molecule has 0 saturated heterocycles. The van der Waals surface area contributed by atoms with Crippen LogP contribution in [0.2, 0.25) is 0 Å². The highest BCUT2D eigenvalue weighted by atomic mass is 16.2. The van der Waals surface area contributed by atoms with Crippen LogP contribution in [0.3, 0.4) is 0 Å². The van der Waals surface area contributed by atoms with Gasteiger partial charge in [-0.2, -0.15) is 0 Å². The van der Waals surface area contributed by atoms with Crippen molar-refractivity contribution in [1.82, 2.24) is 14.5 Å². The number of carbonyl (C=O) groups is 1. The molecule has 132 valence electrons. The largest absolute Gasteiger partial charge is 0.363 e. The molecular weight excluding hydrogens is 326 g/mol. The Labute approximate surface area is 152 Å². The Morgan fingerprint density at radius 3 is 2.81 bits per heavy atom. The minimum absolute atomic E-state index is 0.0637. The molecule has 0 spiro atoms. The molecule has 1 aliphatic heterocycles. The van der Waals surface area contributed by atoms with Gasteiger partial charge >= 0.3 is 0 Å². The number of imidazole rings is 1. The zero-order chi connectivity index (χ0) is 18.1. The highest BCUT2D eigenvalue weighted by Gasteiger charge is 2.27. The molecule has 1 aliphatic rings. The van der Waals surface area contributed by atoms with Crippen LogP contribution in [0.4, 0.5) is 11.5 Å². The molecule has 0 radical (unpaired) electrons. The van der Waals surface area contributed by atoms with Crippen LogP contribution in [0.25, 0.3) is 5.69 Å². The molecule has 0 aliphatic carbocycles. The summed E-state index contributed by atoms with van der Waals surface area (Å²) >= 11 is 0. The molecule has 3 aromatic rings. The smallest absolute Gasteiger partial charge is 0.223 e. The maximum Gasteiger partial charge on any atom is 0.223 e. The number of anilines is 2. The Bertz CT molecular complexity index is 934. The van der Waals surface area contributed by atoms with Gasteiger partial charge in [0.1, 0.15) is 5.82 Å². The van der Waals surface area contributed by atoms with E-state index in [0.717, 1.165) is 34.9 Å². The monoisotopic (exact) mass is 347 g/mol. The third-order valence-electron chi connectivity index (χ3n) is 4.70. The number of hydrogen-bond donors (Lipinski definition) is 1. The van der Waals surface area contributed by atoms with Crippen molar-refractivity contribution >= 4 is 17.4 Å². The van der Waals surface area contributed by atoms with Gasteiger partial charge in [0.2, 0.25) is 5.91 Å². The fraction of sp³-hybridized carbons (Fsp3) is 0.250. The number of nitrogens with one attached hydrogen (secondary N) is 1. The number of aryl methyl sites for hydroxylation is 1. The summed E-state index contributed by atoms with van der Waals surface area (Å²) in [6, 6.07) is 12.1. The van der Waals surface area contributed by atoms with Crippen molar-refractivity contribution in [2.75, 3.05) is 16.8 Å². The van der Waals surface area contributed by atoms with Gasteiger partial charge in [-0.25, -0.2) is 9.97 Å². The second kappa shape index (κ2) is 6.63. The van der Waals surface area contributed by atoms with Crippen molar-refractivity contribution in [2.24, 2.45) is 0 Å². The average molecular weight is 347 g/mol. The molecule has 2 aromatic heterocycles. The number of pyridine rings is 1. The maximum absolute atomic E-state index is 12.1. The summed E-state index contributed by atoms with van der Waals surface area (Å²) in [5, 5.41) is 3.51. The Hall–Kier alpha value is -3.15. The Morgan fingerprint density at radius 2 is 2.12 bits per heavy atom. The SMILES string of the molecule is CC(=O)N1CC[C@@H](Nc2ccccn2)c2cc(-n3cnc(C)c3)ccc21. The van der Waals surface area contributed by atoms with Crippen molar-refractivity contribution in [1.29, 1.82) is 0 Å². The van der Waals surface area contributed by atoms with Crippen molar-refractivity contribution in [3.8, 4) is 5.69 Å². The number of amides is 1. The summed E-state index contributed by atoms with van der Waals surface area (Å²) in [7, 11) is 0. The van der Waals surface area contributed by atoms with Crippen molar-refractivity contribution in [2.45, 2.75) is 26.3 Å². The van der Waals surface area contributed by atoms with Crippen LogP contribution < -0.4 is 10.2 Å². The zero-order valence-electron chi connectivity index (χ0n) is 14.9. The van der Waals surface area contributed by atoms with Gasteiger partial charge in [-0.15, -0.1) is 0 Å². The summed E-state index contributed by atoms with van der Waals surface area (Å²) in [6.07, 6.45) is 6.41. The fourth-order valence-electron chi connectivity index (χ4n) is 3.43. The zero-order valence-corrected chi connectivity index (χ0v) is 14.9. The third-order valence-corrected chi connectivity index (χ3v) is 4.70. The van der Waals surface area contributed by atoms with E-state index in [1.807, 2.05) is 59.2 Å². The fourth-order valence-corrected chi connectivity index (χ4v) is 3.43. The van der Waals surface area contributed by atoms with E-state index in [1.165, 1.54) is 0 Å². The van der Waals surface area contributed by atoms with Gasteiger partial charge in [-0.3, -0.25) is 4.79 Å². The minimum Gasteiger partial charge on any atom is -0.363 e. The average Bonchev–Trinajstić information content (AvgIpc) is 3.08. The summed E-state index contributed by atoms with van der Waals surface area (Å²) in [5.74, 6) is 0.900. The summed E-state index contributed by atoms with van der Waals surface area (Å²) in [6.45, 7) is 4.28. The number of fused-ring (bicyclic) bond motifs is 1. The van der Waals surface area contributed by atoms with E-state index in [9.17, 15) is 4.79 Å². The van der Waals surface area contributed by atoms with E-state index in [1.54, 1.807) is 13.1 Å². The van der Waals surface area contributed by atoms with Crippen LogP contribution in [-0.4, -0.2) is 27.0 Å². The van der Waals surface area contributed by atoms with Crippen molar-refractivity contribution < 1.29 is 4.79 Å². The molecule has 4 rings (SSSR count). The number of nitrogens with zero attached hydrogens (tertiary/aromatic N) is 4. The van der Waals surface area contributed by atoms with Crippen LogP contribution in [0.15, 0.2) is 55.1 Å². The molecule has 0 unspecified atom stereocenters. The Morgan fingerprint density at radius 1 is 1.23 bits per heavy atom.